The number of aliphatic carboxylic acids is 1. The van der Waals surface area contributed by atoms with Crippen LogP contribution in [-0.2, 0) is 4.79 Å². The number of carbonyl (C=O) groups is 1. The van der Waals surface area contributed by atoms with Gasteiger partial charge >= 0.3 is 5.97 Å². The number of rotatable bonds is 10. The smallest absolute Gasteiger partial charge is 0.349 e. The Morgan fingerprint density at radius 2 is 1.46 bits per heavy atom. The number of hydrogen-bond acceptors (Lipinski definition) is 4. The molecule has 0 aliphatic heterocycles. The van der Waals surface area contributed by atoms with Crippen molar-refractivity contribution in [3.8, 4) is 17.2 Å². The number of ether oxygens (including phenoxy) is 3. The maximum absolute atomic E-state index is 11.7. The third-order valence-electron chi connectivity index (χ3n) is 3.20. The first-order valence-electron chi connectivity index (χ1n) is 7.71. The first-order valence-corrected chi connectivity index (χ1v) is 9.57. The summed E-state index contributed by atoms with van der Waals surface area (Å²) in [5, 5.41) is 9.54. The highest BCUT2D eigenvalue weighted by Gasteiger charge is 2.22. The summed E-state index contributed by atoms with van der Waals surface area (Å²) in [6.45, 7) is 0.601. The van der Waals surface area contributed by atoms with Gasteiger partial charge in [0.2, 0.25) is 6.10 Å². The molecular weight excluding hydrogens is 447 g/mol. The number of alkyl halides is 2. The van der Waals surface area contributed by atoms with Gasteiger partial charge in [0.05, 0.1) is 11.8 Å². The molecular formula is C18H17BrCl2O5. The summed E-state index contributed by atoms with van der Waals surface area (Å²) in [7, 11) is 0. The number of halogens is 3. The lowest BCUT2D eigenvalue weighted by atomic mass is 10.1. The molecule has 0 spiro atoms. The molecule has 0 aromatic heterocycles. The number of benzene rings is 2. The molecule has 1 atom stereocenters. The van der Waals surface area contributed by atoms with Crippen molar-refractivity contribution in [2.75, 3.05) is 25.0 Å². The number of hydrogen-bond donors (Lipinski definition) is 1. The van der Waals surface area contributed by atoms with Crippen LogP contribution >= 0.6 is 39.1 Å². The third kappa shape index (κ3) is 6.27. The van der Waals surface area contributed by atoms with Gasteiger partial charge in [0.1, 0.15) is 30.5 Å². The fraction of sp³-hybridized carbons (Fsp3) is 0.278. The summed E-state index contributed by atoms with van der Waals surface area (Å²) >= 11 is 14.6. The molecule has 2 rings (SSSR count). The fourth-order valence-electron chi connectivity index (χ4n) is 2.13. The van der Waals surface area contributed by atoms with E-state index in [4.69, 9.17) is 37.4 Å². The van der Waals surface area contributed by atoms with Crippen molar-refractivity contribution in [2.45, 2.75) is 6.10 Å². The predicted molar refractivity (Wildman–Crippen MR) is 104 cm³/mol. The van der Waals surface area contributed by atoms with E-state index in [1.165, 1.54) is 0 Å². The summed E-state index contributed by atoms with van der Waals surface area (Å²) in [4.78, 5) is 11.7. The van der Waals surface area contributed by atoms with Crippen LogP contribution in [0.4, 0.5) is 0 Å². The van der Waals surface area contributed by atoms with E-state index in [2.05, 4.69) is 15.9 Å². The zero-order valence-corrected chi connectivity index (χ0v) is 16.8. The first kappa shape index (κ1) is 20.7. The molecule has 0 radical (unpaired) electrons. The predicted octanol–water partition coefficient (Wildman–Crippen LogP) is 4.89. The molecule has 0 heterocycles. The average Bonchev–Trinajstić information content (AvgIpc) is 2.63. The number of carboxylic acid groups (broad SMARTS) is 1. The van der Waals surface area contributed by atoms with E-state index in [1.807, 2.05) is 0 Å². The summed E-state index contributed by atoms with van der Waals surface area (Å²) < 4.78 is 17.6. The van der Waals surface area contributed by atoms with Crippen molar-refractivity contribution in [2.24, 2.45) is 0 Å². The van der Waals surface area contributed by atoms with Crippen LogP contribution in [0.5, 0.6) is 17.2 Å². The van der Waals surface area contributed by atoms with E-state index >= 15 is 0 Å². The van der Waals surface area contributed by atoms with E-state index in [1.54, 1.807) is 42.5 Å². The largest absolute Gasteiger partial charge is 0.492 e. The summed E-state index contributed by atoms with van der Waals surface area (Å²) in [5.74, 6) is 0.763. The standard InChI is InChI=1S/C18H17BrCl2O5/c19-13-3-1-12(2-4-13)17(18(22)23)26-16-10-14(24-7-5-20)9-15(11-16)25-8-6-21/h1-4,9-11,17H,5-8H2,(H,22,23). The molecule has 0 saturated heterocycles. The van der Waals surface area contributed by atoms with Crippen molar-refractivity contribution in [1.82, 2.24) is 0 Å². The van der Waals surface area contributed by atoms with E-state index in [9.17, 15) is 9.90 Å². The van der Waals surface area contributed by atoms with Gasteiger partial charge in [0.15, 0.2) is 0 Å². The van der Waals surface area contributed by atoms with Gasteiger partial charge in [-0.15, -0.1) is 23.2 Å². The van der Waals surface area contributed by atoms with Crippen molar-refractivity contribution in [3.63, 3.8) is 0 Å². The van der Waals surface area contributed by atoms with Crippen LogP contribution < -0.4 is 14.2 Å². The molecule has 2 aromatic rings. The van der Waals surface area contributed by atoms with Crippen molar-refractivity contribution in [1.29, 1.82) is 0 Å². The highest BCUT2D eigenvalue weighted by molar-refractivity contribution is 9.10. The van der Waals surface area contributed by atoms with Gasteiger partial charge in [0, 0.05) is 28.2 Å². The lowest BCUT2D eigenvalue weighted by Crippen LogP contribution is -2.18. The first-order chi connectivity index (χ1) is 12.5. The normalized spacial score (nSPS) is 11.7. The van der Waals surface area contributed by atoms with Gasteiger partial charge in [-0.25, -0.2) is 4.79 Å². The zero-order chi connectivity index (χ0) is 18.9. The Labute approximate surface area is 169 Å². The molecule has 1 N–H and O–H groups in total. The Balaban J connectivity index is 2.28. The Bertz CT molecular complexity index is 698. The van der Waals surface area contributed by atoms with Crippen molar-refractivity contribution >= 4 is 45.1 Å². The Hall–Kier alpha value is -1.63. The molecule has 8 heteroatoms. The SMILES string of the molecule is O=C(O)C(Oc1cc(OCCCl)cc(OCCCl)c1)c1ccc(Br)cc1. The molecule has 2 aromatic carbocycles. The lowest BCUT2D eigenvalue weighted by Gasteiger charge is -2.17. The maximum Gasteiger partial charge on any atom is 0.349 e. The van der Waals surface area contributed by atoms with E-state index in [0.29, 0.717) is 47.8 Å². The summed E-state index contributed by atoms with van der Waals surface area (Å²) in [6, 6.07) is 11.7. The minimum Gasteiger partial charge on any atom is -0.492 e. The van der Waals surface area contributed by atoms with Crippen LogP contribution in [0.15, 0.2) is 46.9 Å². The average molecular weight is 464 g/mol. The van der Waals surface area contributed by atoms with Crippen molar-refractivity contribution in [3.05, 3.63) is 52.5 Å². The van der Waals surface area contributed by atoms with Crippen LogP contribution in [0.2, 0.25) is 0 Å². The minimum absolute atomic E-state index is 0.301. The van der Waals surface area contributed by atoms with Crippen LogP contribution in [0.3, 0.4) is 0 Å². The second-order valence-corrected chi connectivity index (χ2v) is 6.77. The zero-order valence-electron chi connectivity index (χ0n) is 13.7. The van der Waals surface area contributed by atoms with Gasteiger partial charge in [-0.1, -0.05) is 28.1 Å². The monoisotopic (exact) mass is 462 g/mol. The maximum atomic E-state index is 11.7. The Morgan fingerprint density at radius 3 is 1.92 bits per heavy atom. The van der Waals surface area contributed by atoms with Crippen LogP contribution in [0, 0.1) is 0 Å². The molecule has 0 saturated carbocycles. The van der Waals surface area contributed by atoms with E-state index in [0.717, 1.165) is 4.47 Å². The van der Waals surface area contributed by atoms with Gasteiger partial charge in [0.25, 0.3) is 0 Å². The van der Waals surface area contributed by atoms with Crippen LogP contribution in [0.25, 0.3) is 0 Å². The van der Waals surface area contributed by atoms with E-state index in [-0.39, 0.29) is 0 Å². The Morgan fingerprint density at radius 1 is 0.962 bits per heavy atom. The molecule has 140 valence electrons. The van der Waals surface area contributed by atoms with Gasteiger partial charge in [-0.3, -0.25) is 0 Å². The topological polar surface area (TPSA) is 65.0 Å². The second kappa shape index (κ2) is 10.5. The summed E-state index contributed by atoms with van der Waals surface area (Å²) in [6.07, 6.45) is -1.17. The molecule has 5 nitrogen and oxygen atoms in total. The highest BCUT2D eigenvalue weighted by atomic mass is 79.9. The van der Waals surface area contributed by atoms with Crippen LogP contribution in [-0.4, -0.2) is 36.0 Å². The Kier molecular flexibility index (Phi) is 8.35. The van der Waals surface area contributed by atoms with Gasteiger partial charge in [-0.2, -0.15) is 0 Å². The number of carboxylic acids is 1. The second-order valence-electron chi connectivity index (χ2n) is 5.10. The minimum atomic E-state index is -1.17. The molecule has 0 aliphatic carbocycles. The molecule has 0 bridgehead atoms. The quantitative estimate of drug-likeness (QED) is 0.508. The van der Waals surface area contributed by atoms with Gasteiger partial charge in [-0.05, 0) is 12.1 Å². The highest BCUT2D eigenvalue weighted by Crippen LogP contribution is 2.31. The molecule has 0 aliphatic rings. The van der Waals surface area contributed by atoms with Crippen molar-refractivity contribution < 1.29 is 24.1 Å². The molecule has 26 heavy (non-hydrogen) atoms. The van der Waals surface area contributed by atoms with Gasteiger partial charge < -0.3 is 19.3 Å². The lowest BCUT2D eigenvalue weighted by molar-refractivity contribution is -0.145. The molecule has 0 amide bonds. The summed E-state index contributed by atoms with van der Waals surface area (Å²) in [5.41, 5.74) is 0.510. The van der Waals surface area contributed by atoms with E-state index < -0.39 is 12.1 Å². The fourth-order valence-corrected chi connectivity index (χ4v) is 2.55. The molecule has 1 unspecified atom stereocenters. The molecule has 0 fully saturated rings. The van der Waals surface area contributed by atoms with Crippen LogP contribution in [0.1, 0.15) is 11.7 Å². The third-order valence-corrected chi connectivity index (χ3v) is 4.03.